The van der Waals surface area contributed by atoms with E-state index in [-0.39, 0.29) is 5.91 Å². The largest absolute Gasteiger partial charge is 0.423 e. The second-order valence-electron chi connectivity index (χ2n) is 4.46. The summed E-state index contributed by atoms with van der Waals surface area (Å²) in [5, 5.41) is 0. The lowest BCUT2D eigenvalue weighted by Crippen LogP contribution is -2.48. The molecule has 0 bridgehead atoms. The Kier molecular flexibility index (Phi) is 2.36. The van der Waals surface area contributed by atoms with Gasteiger partial charge >= 0.3 is 0 Å². The molecule has 1 aromatic carbocycles. The zero-order valence-electron chi connectivity index (χ0n) is 10.1. The number of hydrogen-bond donors (Lipinski definition) is 1. The molecule has 1 saturated heterocycles. The van der Waals surface area contributed by atoms with Crippen LogP contribution in [-0.2, 0) is 4.79 Å². The van der Waals surface area contributed by atoms with Gasteiger partial charge in [-0.1, -0.05) is 0 Å². The molecule has 3 rings (SSSR count). The molecule has 1 aromatic heterocycles. The van der Waals surface area contributed by atoms with E-state index in [1.807, 2.05) is 11.0 Å². The average molecular weight is 246 g/mol. The molecule has 0 atom stereocenters. The molecule has 2 N–H and O–H groups in total. The Bertz CT molecular complexity index is 607. The van der Waals surface area contributed by atoms with Crippen molar-refractivity contribution in [1.29, 1.82) is 0 Å². The van der Waals surface area contributed by atoms with Crippen molar-refractivity contribution in [3.05, 3.63) is 18.2 Å². The second-order valence-corrected chi connectivity index (χ2v) is 4.46. The molecule has 0 spiro atoms. The van der Waals surface area contributed by atoms with E-state index in [4.69, 9.17) is 10.2 Å². The van der Waals surface area contributed by atoms with Crippen molar-refractivity contribution < 1.29 is 9.21 Å². The van der Waals surface area contributed by atoms with Gasteiger partial charge in [-0.05, 0) is 12.1 Å². The lowest BCUT2D eigenvalue weighted by molar-refractivity contribution is -0.129. The Morgan fingerprint density at radius 1 is 1.39 bits per heavy atom. The number of benzene rings is 1. The van der Waals surface area contributed by atoms with E-state index in [1.165, 1.54) is 0 Å². The fourth-order valence-corrected chi connectivity index (χ4v) is 1.99. The minimum Gasteiger partial charge on any atom is -0.423 e. The molecular weight excluding hydrogens is 232 g/mol. The number of anilines is 2. The molecule has 94 valence electrons. The van der Waals surface area contributed by atoms with Gasteiger partial charge in [-0.25, -0.2) is 0 Å². The molecule has 1 amide bonds. The highest BCUT2D eigenvalue weighted by molar-refractivity contribution is 5.83. The van der Waals surface area contributed by atoms with Crippen molar-refractivity contribution in [1.82, 2.24) is 9.88 Å². The van der Waals surface area contributed by atoms with Crippen molar-refractivity contribution in [3.8, 4) is 0 Å². The third kappa shape index (κ3) is 1.75. The molecule has 0 unspecified atom stereocenters. The molecule has 0 aliphatic carbocycles. The number of oxazole rings is 1. The number of carbonyl (C=O) groups excluding carboxylic acids is 1. The Morgan fingerprint density at radius 3 is 3.00 bits per heavy atom. The third-order valence-corrected chi connectivity index (χ3v) is 3.13. The second kappa shape index (κ2) is 3.90. The number of nitrogens with zero attached hydrogens (tertiary/aromatic N) is 3. The van der Waals surface area contributed by atoms with Gasteiger partial charge in [-0.15, -0.1) is 0 Å². The highest BCUT2D eigenvalue weighted by atomic mass is 16.4. The predicted octanol–water partition coefficient (Wildman–Crippen LogP) is 0.688. The number of rotatable bonds is 1. The molecule has 0 radical (unpaired) electrons. The van der Waals surface area contributed by atoms with Crippen LogP contribution in [0.5, 0.6) is 0 Å². The maximum Gasteiger partial charge on any atom is 0.298 e. The summed E-state index contributed by atoms with van der Waals surface area (Å²) in [5.74, 6) is 0.0722. The van der Waals surface area contributed by atoms with Crippen LogP contribution >= 0.6 is 0 Å². The van der Waals surface area contributed by atoms with Crippen LogP contribution in [0.25, 0.3) is 11.1 Å². The molecule has 1 fully saturated rings. The van der Waals surface area contributed by atoms with Crippen LogP contribution in [-0.4, -0.2) is 42.5 Å². The first-order valence-electron chi connectivity index (χ1n) is 5.78. The molecule has 2 heterocycles. The number of piperazine rings is 1. The van der Waals surface area contributed by atoms with E-state index in [0.29, 0.717) is 30.4 Å². The van der Waals surface area contributed by atoms with Crippen molar-refractivity contribution in [3.63, 3.8) is 0 Å². The van der Waals surface area contributed by atoms with Crippen LogP contribution < -0.4 is 10.6 Å². The summed E-state index contributed by atoms with van der Waals surface area (Å²) in [4.78, 5) is 19.6. The summed E-state index contributed by atoms with van der Waals surface area (Å²) in [5.41, 5.74) is 7.73. The lowest BCUT2D eigenvalue weighted by Gasteiger charge is -2.30. The van der Waals surface area contributed by atoms with Crippen LogP contribution in [0.4, 0.5) is 11.7 Å². The monoisotopic (exact) mass is 246 g/mol. The van der Waals surface area contributed by atoms with Gasteiger partial charge in [0.15, 0.2) is 5.58 Å². The third-order valence-electron chi connectivity index (χ3n) is 3.13. The molecule has 6 heteroatoms. The molecule has 6 nitrogen and oxygen atoms in total. The van der Waals surface area contributed by atoms with Crippen molar-refractivity contribution in [2.75, 3.05) is 37.3 Å². The molecule has 0 saturated carbocycles. The number of carbonyl (C=O) groups is 1. The van der Waals surface area contributed by atoms with Crippen molar-refractivity contribution in [2.45, 2.75) is 0 Å². The summed E-state index contributed by atoms with van der Waals surface area (Å²) in [6.45, 7) is 1.71. The zero-order chi connectivity index (χ0) is 12.7. The number of aromatic nitrogens is 1. The summed E-state index contributed by atoms with van der Waals surface area (Å²) >= 11 is 0. The molecule has 1 aliphatic heterocycles. The molecule has 2 aromatic rings. The van der Waals surface area contributed by atoms with E-state index in [9.17, 15) is 4.79 Å². The van der Waals surface area contributed by atoms with Crippen LogP contribution in [0.15, 0.2) is 22.6 Å². The number of nitrogen functional groups attached to an aromatic ring is 1. The van der Waals surface area contributed by atoms with Gasteiger partial charge in [-0.2, -0.15) is 4.98 Å². The van der Waals surface area contributed by atoms with Gasteiger partial charge in [0.05, 0.1) is 0 Å². The van der Waals surface area contributed by atoms with Crippen LogP contribution in [0, 0.1) is 0 Å². The van der Waals surface area contributed by atoms with Crippen LogP contribution in [0.2, 0.25) is 0 Å². The first-order chi connectivity index (χ1) is 8.63. The van der Waals surface area contributed by atoms with Crippen molar-refractivity contribution >= 4 is 28.7 Å². The highest BCUT2D eigenvalue weighted by Gasteiger charge is 2.24. The first kappa shape index (κ1) is 10.9. The number of nitrogens with two attached hydrogens (primary N) is 1. The zero-order valence-corrected chi connectivity index (χ0v) is 10.1. The average Bonchev–Trinajstić information content (AvgIpc) is 2.75. The summed E-state index contributed by atoms with van der Waals surface area (Å²) in [6.07, 6.45) is 0. The number of hydrogen-bond acceptors (Lipinski definition) is 5. The SMILES string of the molecule is CN1CCN(c2nc3ccc(N)cc3o2)CC1=O. The van der Waals surface area contributed by atoms with Gasteiger partial charge in [0.25, 0.3) is 6.01 Å². The quantitative estimate of drug-likeness (QED) is 0.749. The van der Waals surface area contributed by atoms with E-state index in [1.54, 1.807) is 24.1 Å². The minimum absolute atomic E-state index is 0.0722. The van der Waals surface area contributed by atoms with Gasteiger partial charge in [0.2, 0.25) is 5.91 Å². The number of fused-ring (bicyclic) bond motifs is 1. The van der Waals surface area contributed by atoms with Gasteiger partial charge in [0.1, 0.15) is 12.1 Å². The minimum atomic E-state index is 0.0722. The maximum absolute atomic E-state index is 11.6. The normalized spacial score (nSPS) is 16.6. The summed E-state index contributed by atoms with van der Waals surface area (Å²) in [6, 6.07) is 5.82. The molecule has 18 heavy (non-hydrogen) atoms. The maximum atomic E-state index is 11.6. The van der Waals surface area contributed by atoms with Gasteiger partial charge in [-0.3, -0.25) is 4.79 Å². The standard InChI is InChI=1S/C12H14N4O2/c1-15-4-5-16(7-11(15)17)12-14-9-3-2-8(13)6-10(9)18-12/h2-3,6H,4-5,7,13H2,1H3. The Labute approximate surface area is 104 Å². The van der Waals surface area contributed by atoms with E-state index < -0.39 is 0 Å². The molecule has 1 aliphatic rings. The van der Waals surface area contributed by atoms with E-state index >= 15 is 0 Å². The number of likely N-dealkylation sites (N-methyl/N-ethyl adjacent to an activating group) is 1. The Balaban J connectivity index is 1.92. The fourth-order valence-electron chi connectivity index (χ4n) is 1.99. The topological polar surface area (TPSA) is 75.6 Å². The predicted molar refractivity (Wildman–Crippen MR) is 68.3 cm³/mol. The number of amides is 1. The first-order valence-corrected chi connectivity index (χ1v) is 5.78. The van der Waals surface area contributed by atoms with Crippen LogP contribution in [0.3, 0.4) is 0 Å². The van der Waals surface area contributed by atoms with E-state index in [0.717, 1.165) is 12.1 Å². The fraction of sp³-hybridized carbons (Fsp3) is 0.333. The van der Waals surface area contributed by atoms with Crippen molar-refractivity contribution in [2.24, 2.45) is 0 Å². The van der Waals surface area contributed by atoms with Gasteiger partial charge < -0.3 is 20.0 Å². The lowest BCUT2D eigenvalue weighted by atomic mass is 10.3. The smallest absolute Gasteiger partial charge is 0.298 e. The van der Waals surface area contributed by atoms with Crippen LogP contribution in [0.1, 0.15) is 0 Å². The summed E-state index contributed by atoms with van der Waals surface area (Å²) in [7, 11) is 1.80. The highest BCUT2D eigenvalue weighted by Crippen LogP contribution is 2.24. The Hall–Kier alpha value is -2.24. The summed E-state index contributed by atoms with van der Waals surface area (Å²) < 4.78 is 5.64. The molecular formula is C12H14N4O2. The van der Waals surface area contributed by atoms with E-state index in [2.05, 4.69) is 4.98 Å². The van der Waals surface area contributed by atoms with Gasteiger partial charge in [0, 0.05) is 31.9 Å². The Morgan fingerprint density at radius 2 is 2.22 bits per heavy atom.